The van der Waals surface area contributed by atoms with Crippen LogP contribution < -0.4 is 4.57 Å². The van der Waals surface area contributed by atoms with Gasteiger partial charge in [-0.25, -0.2) is 4.57 Å². The minimum absolute atomic E-state index is 0.0459. The van der Waals surface area contributed by atoms with Crippen molar-refractivity contribution in [3.05, 3.63) is 53.6 Å². The number of fused-ring (bicyclic) bond motifs is 1. The molecule has 2 heterocycles. The number of carbonyl (C=O) groups is 1. The van der Waals surface area contributed by atoms with Crippen LogP contribution >= 0.6 is 0 Å². The lowest BCUT2D eigenvalue weighted by molar-refractivity contribution is -0.673. The van der Waals surface area contributed by atoms with E-state index in [1.165, 1.54) is 12.1 Å². The molecule has 0 radical (unpaired) electrons. The average molecular weight is 296 g/mol. The number of carbonyl (C=O) groups excluding carboxylic acids is 1. The molecule has 0 saturated carbocycles. The van der Waals surface area contributed by atoms with Gasteiger partial charge in [-0.15, -0.1) is 0 Å². The molecule has 0 aliphatic heterocycles. The van der Waals surface area contributed by atoms with Crippen LogP contribution in [0.25, 0.3) is 11.0 Å². The standard InChI is InChI=1S/C17H17N3O2/c1-4-14-15(16(22)11-5-7-12(21)8-6-11)13-9-19(2)10-18-17(13)20(14)3/h5-10H,4H2,1-3H3/p+1. The molecule has 0 unspecified atom stereocenters. The fourth-order valence-corrected chi connectivity index (χ4v) is 2.83. The third-order valence-corrected chi connectivity index (χ3v) is 3.91. The van der Waals surface area contributed by atoms with Gasteiger partial charge < -0.3 is 9.67 Å². The summed E-state index contributed by atoms with van der Waals surface area (Å²) in [5.41, 5.74) is 3.02. The zero-order valence-electron chi connectivity index (χ0n) is 12.9. The predicted octanol–water partition coefficient (Wildman–Crippen LogP) is 1.90. The van der Waals surface area contributed by atoms with Gasteiger partial charge in [-0.2, -0.15) is 0 Å². The Labute approximate surface area is 128 Å². The normalized spacial score (nSPS) is 11.0. The number of aryl methyl sites for hydroxylation is 2. The zero-order chi connectivity index (χ0) is 15.9. The minimum atomic E-state index is -0.0459. The van der Waals surface area contributed by atoms with Crippen LogP contribution in [0.3, 0.4) is 0 Å². The van der Waals surface area contributed by atoms with Gasteiger partial charge in [0.25, 0.3) is 12.0 Å². The van der Waals surface area contributed by atoms with Crippen molar-refractivity contribution in [3.8, 4) is 5.75 Å². The van der Waals surface area contributed by atoms with Crippen LogP contribution in [-0.2, 0) is 20.5 Å². The Kier molecular flexibility index (Phi) is 3.41. The number of rotatable bonds is 3. The second-order valence-corrected chi connectivity index (χ2v) is 5.39. The third kappa shape index (κ3) is 2.15. The van der Waals surface area contributed by atoms with Crippen LogP contribution in [0, 0.1) is 0 Å². The first-order valence-electron chi connectivity index (χ1n) is 7.19. The van der Waals surface area contributed by atoms with E-state index in [2.05, 4.69) is 4.98 Å². The smallest absolute Gasteiger partial charge is 0.288 e. The topological polar surface area (TPSA) is 59.0 Å². The van der Waals surface area contributed by atoms with Gasteiger partial charge in [0, 0.05) is 18.3 Å². The highest BCUT2D eigenvalue weighted by Crippen LogP contribution is 2.26. The molecule has 3 rings (SSSR count). The average Bonchev–Trinajstić information content (AvgIpc) is 2.79. The number of phenols is 1. The Morgan fingerprint density at radius 3 is 2.64 bits per heavy atom. The van der Waals surface area contributed by atoms with E-state index in [1.807, 2.05) is 36.4 Å². The molecular weight excluding hydrogens is 278 g/mol. The van der Waals surface area contributed by atoms with E-state index in [4.69, 9.17) is 0 Å². The summed E-state index contributed by atoms with van der Waals surface area (Å²) in [6, 6.07) is 6.35. The van der Waals surface area contributed by atoms with Crippen molar-refractivity contribution in [2.75, 3.05) is 0 Å². The van der Waals surface area contributed by atoms with Gasteiger partial charge in [0.1, 0.15) is 11.9 Å². The van der Waals surface area contributed by atoms with Crippen molar-refractivity contribution < 1.29 is 14.5 Å². The van der Waals surface area contributed by atoms with Gasteiger partial charge in [0.15, 0.2) is 5.78 Å². The summed E-state index contributed by atoms with van der Waals surface area (Å²) in [4.78, 5) is 17.4. The monoisotopic (exact) mass is 296 g/mol. The molecule has 0 fully saturated rings. The lowest BCUT2D eigenvalue weighted by Crippen LogP contribution is -2.27. The minimum Gasteiger partial charge on any atom is -0.508 e. The van der Waals surface area contributed by atoms with Crippen molar-refractivity contribution in [1.82, 2.24) is 9.55 Å². The quantitative estimate of drug-likeness (QED) is 0.593. The molecule has 112 valence electrons. The van der Waals surface area contributed by atoms with E-state index in [-0.39, 0.29) is 11.5 Å². The molecule has 0 amide bonds. The molecule has 0 saturated heterocycles. The van der Waals surface area contributed by atoms with Crippen LogP contribution in [0.2, 0.25) is 0 Å². The highest BCUT2D eigenvalue weighted by atomic mass is 16.3. The summed E-state index contributed by atoms with van der Waals surface area (Å²) in [5.74, 6) is 0.105. The maximum atomic E-state index is 12.9. The van der Waals surface area contributed by atoms with E-state index in [0.29, 0.717) is 11.1 Å². The molecular formula is C17H18N3O2+. The maximum Gasteiger partial charge on any atom is 0.288 e. The van der Waals surface area contributed by atoms with Crippen LogP contribution in [0.4, 0.5) is 0 Å². The molecule has 0 spiro atoms. The molecule has 0 bridgehead atoms. The van der Waals surface area contributed by atoms with Gasteiger partial charge >= 0.3 is 0 Å². The molecule has 5 heteroatoms. The first kappa shape index (κ1) is 14.3. The Hall–Kier alpha value is -2.69. The summed E-state index contributed by atoms with van der Waals surface area (Å²) in [6.45, 7) is 2.03. The van der Waals surface area contributed by atoms with Gasteiger partial charge in [0.05, 0.1) is 18.0 Å². The molecule has 1 aromatic carbocycles. The second kappa shape index (κ2) is 5.26. The molecule has 2 aromatic heterocycles. The highest BCUT2D eigenvalue weighted by Gasteiger charge is 2.25. The van der Waals surface area contributed by atoms with Gasteiger partial charge in [-0.05, 0) is 35.7 Å². The van der Waals surface area contributed by atoms with Crippen LogP contribution in [0.5, 0.6) is 5.75 Å². The van der Waals surface area contributed by atoms with Crippen LogP contribution in [0.1, 0.15) is 28.5 Å². The molecule has 3 aromatic rings. The van der Waals surface area contributed by atoms with Gasteiger partial charge in [0.2, 0.25) is 0 Å². The Bertz CT molecular complexity index is 864. The van der Waals surface area contributed by atoms with Crippen molar-refractivity contribution in [2.24, 2.45) is 14.1 Å². The van der Waals surface area contributed by atoms with Crippen molar-refractivity contribution in [2.45, 2.75) is 13.3 Å². The first-order valence-corrected chi connectivity index (χ1v) is 7.19. The number of aromatic nitrogens is 3. The van der Waals surface area contributed by atoms with Crippen molar-refractivity contribution >= 4 is 16.8 Å². The molecule has 1 N–H and O–H groups in total. The predicted molar refractivity (Wildman–Crippen MR) is 82.8 cm³/mol. The Morgan fingerprint density at radius 2 is 2.00 bits per heavy atom. The van der Waals surface area contributed by atoms with Gasteiger partial charge in [-0.3, -0.25) is 4.79 Å². The number of nitrogens with zero attached hydrogens (tertiary/aromatic N) is 3. The zero-order valence-corrected chi connectivity index (χ0v) is 12.9. The lowest BCUT2D eigenvalue weighted by Gasteiger charge is -2.04. The van der Waals surface area contributed by atoms with Crippen LogP contribution in [0.15, 0.2) is 36.8 Å². The second-order valence-electron chi connectivity index (χ2n) is 5.39. The molecule has 0 aliphatic carbocycles. The molecule has 0 aliphatic rings. The number of aromatic hydroxyl groups is 1. The summed E-state index contributed by atoms with van der Waals surface area (Å²) in [7, 11) is 3.82. The SMILES string of the molecule is CCc1c(C(=O)c2ccc(O)cc2)c2c[n+](C)cnc2n1C. The number of hydrogen-bond donors (Lipinski definition) is 1. The van der Waals surface area contributed by atoms with Crippen molar-refractivity contribution in [3.63, 3.8) is 0 Å². The molecule has 22 heavy (non-hydrogen) atoms. The van der Waals surface area contributed by atoms with E-state index in [9.17, 15) is 9.90 Å². The number of benzene rings is 1. The van der Waals surface area contributed by atoms with Gasteiger partial charge in [-0.1, -0.05) is 6.92 Å². The number of ketones is 1. The first-order chi connectivity index (χ1) is 10.5. The van der Waals surface area contributed by atoms with E-state index >= 15 is 0 Å². The number of hydrogen-bond acceptors (Lipinski definition) is 3. The Morgan fingerprint density at radius 1 is 1.32 bits per heavy atom. The van der Waals surface area contributed by atoms with E-state index in [0.717, 1.165) is 23.1 Å². The van der Waals surface area contributed by atoms with Crippen LogP contribution in [-0.4, -0.2) is 20.4 Å². The Balaban J connectivity index is 2.26. The fraction of sp³-hybridized carbons (Fsp3) is 0.235. The van der Waals surface area contributed by atoms with E-state index < -0.39 is 0 Å². The molecule has 0 atom stereocenters. The highest BCUT2D eigenvalue weighted by molar-refractivity contribution is 6.17. The largest absolute Gasteiger partial charge is 0.508 e. The van der Waals surface area contributed by atoms with E-state index in [1.54, 1.807) is 18.5 Å². The summed E-state index contributed by atoms with van der Waals surface area (Å²) >= 11 is 0. The number of phenolic OH excluding ortho intramolecular Hbond substituents is 1. The third-order valence-electron chi connectivity index (χ3n) is 3.91. The fourth-order valence-electron chi connectivity index (χ4n) is 2.83. The van der Waals surface area contributed by atoms with Crippen molar-refractivity contribution in [1.29, 1.82) is 0 Å². The lowest BCUT2D eigenvalue weighted by atomic mass is 10.0. The summed E-state index contributed by atoms with van der Waals surface area (Å²) < 4.78 is 3.82. The maximum absolute atomic E-state index is 12.9. The summed E-state index contributed by atoms with van der Waals surface area (Å²) in [5, 5.41) is 10.2. The summed E-state index contributed by atoms with van der Waals surface area (Å²) in [6.07, 6.45) is 4.40. The molecule has 5 nitrogen and oxygen atoms in total.